The van der Waals surface area contributed by atoms with Crippen LogP contribution in [-0.4, -0.2) is 21.3 Å². The maximum atomic E-state index is 4.57. The average molecular weight is 280 g/mol. The molecule has 1 aromatic carbocycles. The van der Waals surface area contributed by atoms with Gasteiger partial charge in [-0.3, -0.25) is 4.98 Å². The van der Waals surface area contributed by atoms with Crippen molar-refractivity contribution in [3.05, 3.63) is 54.5 Å². The van der Waals surface area contributed by atoms with Crippen LogP contribution < -0.4 is 5.32 Å². The molecule has 2 heterocycles. The Morgan fingerprint density at radius 2 is 2.00 bits per heavy atom. The van der Waals surface area contributed by atoms with Gasteiger partial charge in [0.15, 0.2) is 0 Å². The fraction of sp³-hybridized carbons (Fsp3) is 0.294. The number of fused-ring (bicyclic) bond motifs is 1. The van der Waals surface area contributed by atoms with Crippen LogP contribution >= 0.6 is 0 Å². The van der Waals surface area contributed by atoms with Gasteiger partial charge in [0, 0.05) is 11.4 Å². The zero-order valence-electron chi connectivity index (χ0n) is 12.5. The van der Waals surface area contributed by atoms with Crippen LogP contribution in [0.4, 0.5) is 0 Å². The topological polar surface area (TPSA) is 42.7 Å². The van der Waals surface area contributed by atoms with Gasteiger partial charge in [-0.25, -0.2) is 4.68 Å². The molecule has 3 aromatic rings. The first-order chi connectivity index (χ1) is 10.3. The molecule has 1 N–H and O–H groups in total. The molecule has 108 valence electrons. The molecule has 4 heteroatoms. The first-order valence-corrected chi connectivity index (χ1v) is 7.42. The average Bonchev–Trinajstić information content (AvgIpc) is 2.97. The summed E-state index contributed by atoms with van der Waals surface area (Å²) in [7, 11) is 0. The lowest BCUT2D eigenvalue weighted by Crippen LogP contribution is -2.20. The smallest absolute Gasteiger partial charge is 0.0836 e. The predicted molar refractivity (Wildman–Crippen MR) is 85.6 cm³/mol. The molecule has 0 fully saturated rings. The van der Waals surface area contributed by atoms with E-state index in [0.29, 0.717) is 0 Å². The van der Waals surface area contributed by atoms with E-state index in [0.717, 1.165) is 35.2 Å². The van der Waals surface area contributed by atoms with Gasteiger partial charge in [0.05, 0.1) is 29.3 Å². The maximum absolute atomic E-state index is 4.57. The zero-order valence-corrected chi connectivity index (χ0v) is 12.5. The summed E-state index contributed by atoms with van der Waals surface area (Å²) in [6.07, 6.45) is 4.90. The number of pyridine rings is 1. The van der Waals surface area contributed by atoms with E-state index in [4.69, 9.17) is 0 Å². The number of nitrogens with zero attached hydrogens (tertiary/aromatic N) is 3. The Morgan fingerprint density at radius 1 is 1.14 bits per heavy atom. The molecule has 0 aliphatic rings. The lowest BCUT2D eigenvalue weighted by atomic mass is 10.2. The number of hydrogen-bond acceptors (Lipinski definition) is 3. The Bertz CT molecular complexity index is 715. The molecule has 1 atom stereocenters. The molecule has 0 aliphatic carbocycles. The number of benzene rings is 1. The summed E-state index contributed by atoms with van der Waals surface area (Å²) in [6, 6.07) is 12.6. The van der Waals surface area contributed by atoms with Crippen molar-refractivity contribution in [3.8, 4) is 5.69 Å². The first kappa shape index (κ1) is 13.8. The second kappa shape index (κ2) is 6.06. The van der Waals surface area contributed by atoms with Gasteiger partial charge in [-0.1, -0.05) is 25.1 Å². The monoisotopic (exact) mass is 280 g/mol. The van der Waals surface area contributed by atoms with Gasteiger partial charge in [-0.05, 0) is 38.1 Å². The van der Waals surface area contributed by atoms with Crippen molar-refractivity contribution < 1.29 is 0 Å². The van der Waals surface area contributed by atoms with Crippen molar-refractivity contribution in [2.75, 3.05) is 6.54 Å². The van der Waals surface area contributed by atoms with E-state index in [9.17, 15) is 0 Å². The minimum atomic E-state index is 0.272. The van der Waals surface area contributed by atoms with Gasteiger partial charge >= 0.3 is 0 Å². The van der Waals surface area contributed by atoms with Gasteiger partial charge in [0.25, 0.3) is 0 Å². The molecule has 3 rings (SSSR count). The number of nitrogens with one attached hydrogen (secondary N) is 1. The van der Waals surface area contributed by atoms with Gasteiger partial charge in [-0.15, -0.1) is 0 Å². The van der Waals surface area contributed by atoms with Gasteiger partial charge < -0.3 is 5.32 Å². The number of para-hydroxylation sites is 1. The SMILES string of the molecule is CCCNC(C)c1ccc(-n2ncc3ccccc32)cn1. The van der Waals surface area contributed by atoms with Crippen molar-refractivity contribution in [1.29, 1.82) is 0 Å². The molecular weight excluding hydrogens is 260 g/mol. The third-order valence-corrected chi connectivity index (χ3v) is 3.64. The lowest BCUT2D eigenvalue weighted by Gasteiger charge is -2.13. The Labute approximate surface area is 124 Å². The third-order valence-electron chi connectivity index (χ3n) is 3.64. The minimum Gasteiger partial charge on any atom is -0.309 e. The minimum absolute atomic E-state index is 0.272. The second-order valence-electron chi connectivity index (χ2n) is 5.23. The van der Waals surface area contributed by atoms with E-state index in [1.54, 1.807) is 0 Å². The highest BCUT2D eigenvalue weighted by Crippen LogP contribution is 2.18. The molecule has 0 bridgehead atoms. The van der Waals surface area contributed by atoms with Gasteiger partial charge in [0.1, 0.15) is 0 Å². The van der Waals surface area contributed by atoms with Crippen LogP contribution in [0.5, 0.6) is 0 Å². The lowest BCUT2D eigenvalue weighted by molar-refractivity contribution is 0.558. The van der Waals surface area contributed by atoms with Crippen LogP contribution in [0.2, 0.25) is 0 Å². The highest BCUT2D eigenvalue weighted by molar-refractivity contribution is 5.79. The summed E-state index contributed by atoms with van der Waals surface area (Å²) in [4.78, 5) is 4.57. The van der Waals surface area contributed by atoms with E-state index in [-0.39, 0.29) is 6.04 Å². The van der Waals surface area contributed by atoms with E-state index in [1.165, 1.54) is 0 Å². The largest absolute Gasteiger partial charge is 0.309 e. The first-order valence-electron chi connectivity index (χ1n) is 7.42. The number of aromatic nitrogens is 3. The van der Waals surface area contributed by atoms with Crippen LogP contribution in [0.25, 0.3) is 16.6 Å². The summed E-state index contributed by atoms with van der Waals surface area (Å²) in [6.45, 7) is 5.31. The third kappa shape index (κ3) is 2.81. The van der Waals surface area contributed by atoms with Crippen LogP contribution in [0.3, 0.4) is 0 Å². The summed E-state index contributed by atoms with van der Waals surface area (Å²) in [5.74, 6) is 0. The van der Waals surface area contributed by atoms with Crippen molar-refractivity contribution in [1.82, 2.24) is 20.1 Å². The predicted octanol–water partition coefficient (Wildman–Crippen LogP) is 3.48. The highest BCUT2D eigenvalue weighted by atomic mass is 15.3. The Balaban J connectivity index is 1.87. The molecule has 0 saturated heterocycles. The molecule has 1 unspecified atom stereocenters. The standard InChI is InChI=1S/C17H20N4/c1-3-10-18-13(2)16-9-8-15(12-19-16)21-17-7-5-4-6-14(17)11-20-21/h4-9,11-13,18H,3,10H2,1-2H3. The molecule has 0 aliphatic heterocycles. The fourth-order valence-electron chi connectivity index (χ4n) is 2.42. The highest BCUT2D eigenvalue weighted by Gasteiger charge is 2.08. The Hall–Kier alpha value is -2.20. The summed E-state index contributed by atoms with van der Waals surface area (Å²) in [5.41, 5.74) is 3.15. The molecular formula is C17H20N4. The van der Waals surface area contributed by atoms with Gasteiger partial charge in [0.2, 0.25) is 0 Å². The van der Waals surface area contributed by atoms with Crippen LogP contribution in [0.1, 0.15) is 32.0 Å². The molecule has 4 nitrogen and oxygen atoms in total. The zero-order chi connectivity index (χ0) is 14.7. The second-order valence-corrected chi connectivity index (χ2v) is 5.23. The van der Waals surface area contributed by atoms with Crippen LogP contribution in [-0.2, 0) is 0 Å². The van der Waals surface area contributed by atoms with Crippen LogP contribution in [0, 0.1) is 0 Å². The van der Waals surface area contributed by atoms with Crippen molar-refractivity contribution in [2.24, 2.45) is 0 Å². The van der Waals surface area contributed by atoms with Crippen molar-refractivity contribution in [3.63, 3.8) is 0 Å². The molecule has 2 aromatic heterocycles. The quantitative estimate of drug-likeness (QED) is 0.778. The van der Waals surface area contributed by atoms with Gasteiger partial charge in [-0.2, -0.15) is 5.10 Å². The Kier molecular flexibility index (Phi) is 3.97. The number of rotatable bonds is 5. The Morgan fingerprint density at radius 3 is 2.76 bits per heavy atom. The van der Waals surface area contributed by atoms with E-state index < -0.39 is 0 Å². The number of hydrogen-bond donors (Lipinski definition) is 1. The molecule has 0 saturated carbocycles. The summed E-state index contributed by atoms with van der Waals surface area (Å²) in [5, 5.41) is 9.04. The molecule has 0 spiro atoms. The van der Waals surface area contributed by atoms with E-state index in [2.05, 4.69) is 53.5 Å². The normalized spacial score (nSPS) is 12.7. The summed E-state index contributed by atoms with van der Waals surface area (Å²) < 4.78 is 1.93. The molecule has 21 heavy (non-hydrogen) atoms. The van der Waals surface area contributed by atoms with Crippen molar-refractivity contribution >= 4 is 10.9 Å². The molecule has 0 radical (unpaired) electrons. The maximum Gasteiger partial charge on any atom is 0.0836 e. The van der Waals surface area contributed by atoms with E-state index in [1.807, 2.05) is 29.2 Å². The summed E-state index contributed by atoms with van der Waals surface area (Å²) >= 11 is 0. The van der Waals surface area contributed by atoms with E-state index >= 15 is 0 Å². The van der Waals surface area contributed by atoms with Crippen molar-refractivity contribution in [2.45, 2.75) is 26.3 Å². The molecule has 0 amide bonds. The fourth-order valence-corrected chi connectivity index (χ4v) is 2.42. The van der Waals surface area contributed by atoms with Crippen LogP contribution in [0.15, 0.2) is 48.8 Å².